The van der Waals surface area contributed by atoms with Crippen molar-refractivity contribution in [1.82, 2.24) is 0 Å². The largest absolute Gasteiger partial charge is 0.488 e. The fourth-order valence-electron chi connectivity index (χ4n) is 0.792. The van der Waals surface area contributed by atoms with Crippen LogP contribution < -0.4 is 4.74 Å². The molecule has 4 heteroatoms. The van der Waals surface area contributed by atoms with E-state index in [9.17, 15) is 4.39 Å². The van der Waals surface area contributed by atoms with Crippen LogP contribution in [0.1, 0.15) is 0 Å². The lowest BCUT2D eigenvalue weighted by molar-refractivity contribution is 0.122. The zero-order valence-electron chi connectivity index (χ0n) is 6.91. The Hall–Kier alpha value is -0.800. The summed E-state index contributed by atoms with van der Waals surface area (Å²) in [5.41, 5.74) is 0. The molecule has 1 unspecified atom stereocenters. The summed E-state index contributed by atoms with van der Waals surface area (Å²) in [5.74, 6) is -0.231. The normalized spacial score (nSPS) is 12.5. The molecule has 2 nitrogen and oxygen atoms in total. The molecule has 0 fully saturated rings. The first-order valence-electron chi connectivity index (χ1n) is 3.85. The van der Waals surface area contributed by atoms with Crippen molar-refractivity contribution in [2.75, 3.05) is 12.5 Å². The first-order valence-corrected chi connectivity index (χ1v) is 4.39. The predicted molar refractivity (Wildman–Crippen MR) is 48.6 cm³/mol. The Labute approximate surface area is 80.9 Å². The van der Waals surface area contributed by atoms with Crippen molar-refractivity contribution in [3.8, 4) is 5.75 Å². The molecule has 0 heterocycles. The molecule has 0 aliphatic rings. The van der Waals surface area contributed by atoms with Gasteiger partial charge in [-0.1, -0.05) is 12.1 Å². The van der Waals surface area contributed by atoms with Crippen LogP contribution >= 0.6 is 11.6 Å². The second-order valence-electron chi connectivity index (χ2n) is 2.55. The van der Waals surface area contributed by atoms with E-state index in [-0.39, 0.29) is 18.2 Å². The third-order valence-corrected chi connectivity index (χ3v) is 1.80. The average Bonchev–Trinajstić information content (AvgIpc) is 2.16. The summed E-state index contributed by atoms with van der Waals surface area (Å²) in [5, 5.41) is 9.03. The molecule has 0 spiro atoms. The van der Waals surface area contributed by atoms with E-state index >= 15 is 0 Å². The molecule has 1 N–H and O–H groups in total. The predicted octanol–water partition coefficient (Wildman–Crippen LogP) is 1.80. The van der Waals surface area contributed by atoms with Crippen molar-refractivity contribution in [1.29, 1.82) is 0 Å². The van der Waals surface area contributed by atoms with Crippen molar-refractivity contribution >= 4 is 11.6 Å². The van der Waals surface area contributed by atoms with Crippen LogP contribution in [-0.2, 0) is 0 Å². The van der Waals surface area contributed by atoms with Gasteiger partial charge in [0.15, 0.2) is 11.6 Å². The second kappa shape index (κ2) is 5.04. The number of ether oxygens (including phenoxy) is 1. The van der Waals surface area contributed by atoms with Gasteiger partial charge < -0.3 is 9.84 Å². The number of aliphatic hydroxyl groups excluding tert-OH is 1. The molecular formula is C9H10ClFO2. The van der Waals surface area contributed by atoms with Gasteiger partial charge in [-0.25, -0.2) is 4.39 Å². The zero-order valence-corrected chi connectivity index (χ0v) is 7.67. The molecule has 0 saturated heterocycles. The number of halogens is 2. The molecule has 0 saturated carbocycles. The molecule has 13 heavy (non-hydrogen) atoms. The van der Waals surface area contributed by atoms with Gasteiger partial charge in [-0.15, -0.1) is 11.6 Å². The fourth-order valence-corrected chi connectivity index (χ4v) is 0.881. The standard InChI is InChI=1S/C9H10ClFO2/c10-5-7(12)6-13-9-4-2-1-3-8(9)11/h1-4,7,12H,5-6H2. The minimum atomic E-state index is -0.763. The molecule has 0 amide bonds. The van der Waals surface area contributed by atoms with E-state index in [4.69, 9.17) is 21.4 Å². The van der Waals surface area contributed by atoms with Crippen LogP contribution in [0.2, 0.25) is 0 Å². The van der Waals surface area contributed by atoms with Gasteiger partial charge >= 0.3 is 0 Å². The number of aliphatic hydroxyl groups is 1. The van der Waals surface area contributed by atoms with Gasteiger partial charge in [0.1, 0.15) is 12.7 Å². The summed E-state index contributed by atoms with van der Waals surface area (Å²) in [6.45, 7) is 0.00440. The third-order valence-electron chi connectivity index (χ3n) is 1.45. The summed E-state index contributed by atoms with van der Waals surface area (Å²) >= 11 is 5.33. The van der Waals surface area contributed by atoms with Crippen molar-refractivity contribution in [2.24, 2.45) is 0 Å². The minimum Gasteiger partial charge on any atom is -0.488 e. The van der Waals surface area contributed by atoms with Crippen LogP contribution in [0, 0.1) is 5.82 Å². The minimum absolute atomic E-state index is 0.00440. The van der Waals surface area contributed by atoms with Gasteiger partial charge in [0.2, 0.25) is 0 Å². The van der Waals surface area contributed by atoms with Gasteiger partial charge in [0.25, 0.3) is 0 Å². The molecule has 1 aromatic rings. The van der Waals surface area contributed by atoms with E-state index in [1.165, 1.54) is 12.1 Å². The Kier molecular flexibility index (Phi) is 3.99. The summed E-state index contributed by atoms with van der Waals surface area (Å²) < 4.78 is 17.9. The smallest absolute Gasteiger partial charge is 0.165 e. The highest BCUT2D eigenvalue weighted by molar-refractivity contribution is 6.18. The van der Waals surface area contributed by atoms with Crippen molar-refractivity contribution in [2.45, 2.75) is 6.10 Å². The van der Waals surface area contributed by atoms with E-state index < -0.39 is 11.9 Å². The maximum Gasteiger partial charge on any atom is 0.165 e. The van der Waals surface area contributed by atoms with Crippen LogP contribution in [-0.4, -0.2) is 23.7 Å². The number of alkyl halides is 1. The highest BCUT2D eigenvalue weighted by atomic mass is 35.5. The summed E-state index contributed by atoms with van der Waals surface area (Å²) in [7, 11) is 0. The van der Waals surface area contributed by atoms with Gasteiger partial charge in [-0.3, -0.25) is 0 Å². The van der Waals surface area contributed by atoms with Crippen molar-refractivity contribution in [3.63, 3.8) is 0 Å². The number of para-hydroxylation sites is 1. The fraction of sp³-hybridized carbons (Fsp3) is 0.333. The highest BCUT2D eigenvalue weighted by Crippen LogP contribution is 2.15. The molecule has 0 aliphatic carbocycles. The zero-order chi connectivity index (χ0) is 9.68. The average molecular weight is 205 g/mol. The molecule has 1 rings (SSSR count). The summed E-state index contributed by atoms with van der Waals surface area (Å²) in [6.07, 6.45) is -0.763. The molecule has 1 aromatic carbocycles. The van der Waals surface area contributed by atoms with Gasteiger partial charge in [0, 0.05) is 0 Å². The maximum absolute atomic E-state index is 12.9. The van der Waals surface area contributed by atoms with Crippen LogP contribution in [0.3, 0.4) is 0 Å². The molecule has 0 radical (unpaired) electrons. The Bertz CT molecular complexity index is 268. The van der Waals surface area contributed by atoms with E-state index in [0.29, 0.717) is 0 Å². The lowest BCUT2D eigenvalue weighted by atomic mass is 10.3. The monoisotopic (exact) mass is 204 g/mol. The lowest BCUT2D eigenvalue weighted by Gasteiger charge is -2.09. The van der Waals surface area contributed by atoms with Crippen LogP contribution in [0.4, 0.5) is 4.39 Å². The first-order chi connectivity index (χ1) is 6.24. The molecule has 1 atom stereocenters. The Balaban J connectivity index is 2.50. The van der Waals surface area contributed by atoms with Gasteiger partial charge in [0.05, 0.1) is 5.88 Å². The summed E-state index contributed by atoms with van der Waals surface area (Å²) in [4.78, 5) is 0. The Morgan fingerprint density at radius 3 is 2.77 bits per heavy atom. The number of rotatable bonds is 4. The Morgan fingerprint density at radius 1 is 1.46 bits per heavy atom. The van der Waals surface area contributed by atoms with Gasteiger partial charge in [-0.05, 0) is 12.1 Å². The van der Waals surface area contributed by atoms with Crippen LogP contribution in [0.25, 0.3) is 0 Å². The van der Waals surface area contributed by atoms with E-state index in [2.05, 4.69) is 0 Å². The quantitative estimate of drug-likeness (QED) is 0.758. The molecular weight excluding hydrogens is 195 g/mol. The van der Waals surface area contributed by atoms with E-state index in [1.807, 2.05) is 0 Å². The summed E-state index contributed by atoms with van der Waals surface area (Å²) in [6, 6.07) is 6.02. The Morgan fingerprint density at radius 2 is 2.15 bits per heavy atom. The van der Waals surface area contributed by atoms with Crippen LogP contribution in [0.5, 0.6) is 5.75 Å². The topological polar surface area (TPSA) is 29.5 Å². The van der Waals surface area contributed by atoms with Crippen LogP contribution in [0.15, 0.2) is 24.3 Å². The maximum atomic E-state index is 12.9. The molecule has 0 aliphatic heterocycles. The lowest BCUT2D eigenvalue weighted by Crippen LogP contribution is -2.19. The van der Waals surface area contributed by atoms with Gasteiger partial charge in [-0.2, -0.15) is 0 Å². The third kappa shape index (κ3) is 3.20. The second-order valence-corrected chi connectivity index (χ2v) is 2.86. The number of hydrogen-bond donors (Lipinski definition) is 1. The molecule has 72 valence electrons. The SMILES string of the molecule is OC(CCl)COc1ccccc1F. The highest BCUT2D eigenvalue weighted by Gasteiger charge is 2.05. The van der Waals surface area contributed by atoms with E-state index in [1.54, 1.807) is 12.1 Å². The van der Waals surface area contributed by atoms with Crippen molar-refractivity contribution in [3.05, 3.63) is 30.1 Å². The van der Waals surface area contributed by atoms with E-state index in [0.717, 1.165) is 0 Å². The molecule has 0 bridgehead atoms. The first kappa shape index (κ1) is 10.3. The molecule has 0 aromatic heterocycles. The van der Waals surface area contributed by atoms with Crippen molar-refractivity contribution < 1.29 is 14.2 Å². The number of hydrogen-bond acceptors (Lipinski definition) is 2. The number of benzene rings is 1.